The van der Waals surface area contributed by atoms with Gasteiger partial charge in [-0.05, 0) is 67.2 Å². The molecule has 1 aliphatic carbocycles. The third kappa shape index (κ3) is 4.34. The van der Waals surface area contributed by atoms with Crippen molar-refractivity contribution in [1.29, 1.82) is 0 Å². The van der Waals surface area contributed by atoms with Crippen molar-refractivity contribution in [3.63, 3.8) is 0 Å². The molecular weight excluding hydrogens is 358 g/mol. The molecule has 2 aromatic carbocycles. The second-order valence-corrected chi connectivity index (χ2v) is 6.78. The quantitative estimate of drug-likeness (QED) is 0.392. The summed E-state index contributed by atoms with van der Waals surface area (Å²) in [5.74, 6) is 0.351. The molecule has 1 aliphatic rings. The van der Waals surface area contributed by atoms with Gasteiger partial charge in [0.2, 0.25) is 0 Å². The summed E-state index contributed by atoms with van der Waals surface area (Å²) in [5, 5.41) is 10.8. The minimum atomic E-state index is -0.496. The number of hydrogen-bond acceptors (Lipinski definition) is 5. The molecule has 0 aromatic heterocycles. The smallest absolute Gasteiger partial charge is 0.269 e. The van der Waals surface area contributed by atoms with E-state index in [1.165, 1.54) is 24.3 Å². The second-order valence-electron chi connectivity index (χ2n) is 6.78. The summed E-state index contributed by atoms with van der Waals surface area (Å²) in [6.45, 7) is 0. The molecule has 0 spiro atoms. The van der Waals surface area contributed by atoms with Gasteiger partial charge in [-0.2, -0.15) is 0 Å². The van der Waals surface area contributed by atoms with Crippen LogP contribution in [-0.2, 0) is 0 Å². The molecule has 0 aliphatic heterocycles. The van der Waals surface area contributed by atoms with Crippen LogP contribution in [0.15, 0.2) is 60.2 Å². The van der Waals surface area contributed by atoms with Crippen molar-refractivity contribution in [1.82, 2.24) is 0 Å². The first-order valence-corrected chi connectivity index (χ1v) is 9.16. The third-order valence-corrected chi connectivity index (χ3v) is 5.01. The van der Waals surface area contributed by atoms with Crippen LogP contribution < -0.4 is 4.74 Å². The summed E-state index contributed by atoms with van der Waals surface area (Å²) in [6, 6.07) is 12.5. The van der Waals surface area contributed by atoms with Crippen molar-refractivity contribution >= 4 is 17.3 Å². The number of rotatable bonds is 7. The highest BCUT2D eigenvalue weighted by Gasteiger charge is 2.27. The SMILES string of the molecule is COc1ccc(C(=O)C2=CCCC[C@@H]2CC(=O)c2ccc([N+](=O)[O-])cc2)cc1. The van der Waals surface area contributed by atoms with Crippen LogP contribution in [0.3, 0.4) is 0 Å². The van der Waals surface area contributed by atoms with Crippen LogP contribution in [0.1, 0.15) is 46.4 Å². The van der Waals surface area contributed by atoms with Gasteiger partial charge in [-0.25, -0.2) is 0 Å². The van der Waals surface area contributed by atoms with Crippen molar-refractivity contribution in [2.75, 3.05) is 7.11 Å². The molecule has 0 amide bonds. The van der Waals surface area contributed by atoms with Gasteiger partial charge in [0, 0.05) is 29.7 Å². The number of methoxy groups -OCH3 is 1. The maximum Gasteiger partial charge on any atom is 0.269 e. The maximum atomic E-state index is 13.0. The van der Waals surface area contributed by atoms with Gasteiger partial charge in [-0.15, -0.1) is 0 Å². The van der Waals surface area contributed by atoms with Crippen LogP contribution in [0, 0.1) is 16.0 Å². The average Bonchev–Trinajstić information content (AvgIpc) is 2.73. The van der Waals surface area contributed by atoms with Gasteiger partial charge < -0.3 is 4.74 Å². The number of allylic oxidation sites excluding steroid dienone is 2. The van der Waals surface area contributed by atoms with Crippen LogP contribution in [-0.4, -0.2) is 23.6 Å². The van der Waals surface area contributed by atoms with Gasteiger partial charge in [-0.1, -0.05) is 6.08 Å². The zero-order valence-corrected chi connectivity index (χ0v) is 15.6. The zero-order valence-electron chi connectivity index (χ0n) is 15.6. The summed E-state index contributed by atoms with van der Waals surface area (Å²) in [7, 11) is 1.57. The Hall–Kier alpha value is -3.28. The lowest BCUT2D eigenvalue weighted by Gasteiger charge is -2.23. The van der Waals surface area contributed by atoms with Crippen molar-refractivity contribution < 1.29 is 19.2 Å². The van der Waals surface area contributed by atoms with E-state index in [0.717, 1.165) is 19.3 Å². The van der Waals surface area contributed by atoms with Gasteiger partial charge >= 0.3 is 0 Å². The molecule has 2 aromatic rings. The van der Waals surface area contributed by atoms with Crippen LogP contribution in [0.4, 0.5) is 5.69 Å². The predicted molar refractivity (Wildman–Crippen MR) is 105 cm³/mol. The van der Waals surface area contributed by atoms with Crippen molar-refractivity contribution in [2.24, 2.45) is 5.92 Å². The first-order valence-electron chi connectivity index (χ1n) is 9.16. The number of non-ortho nitro benzene ring substituents is 1. The first kappa shape index (κ1) is 19.5. The Morgan fingerprint density at radius 1 is 1.07 bits per heavy atom. The van der Waals surface area contributed by atoms with Gasteiger partial charge in [0.15, 0.2) is 11.6 Å². The molecule has 0 unspecified atom stereocenters. The highest BCUT2D eigenvalue weighted by molar-refractivity contribution is 6.09. The highest BCUT2D eigenvalue weighted by Crippen LogP contribution is 2.32. The molecule has 0 saturated carbocycles. The fourth-order valence-electron chi connectivity index (χ4n) is 3.45. The fourth-order valence-corrected chi connectivity index (χ4v) is 3.45. The lowest BCUT2D eigenvalue weighted by molar-refractivity contribution is -0.384. The normalized spacial score (nSPS) is 16.2. The minimum absolute atomic E-state index is 0.0514. The van der Waals surface area contributed by atoms with E-state index in [2.05, 4.69) is 0 Å². The number of nitro benzene ring substituents is 1. The van der Waals surface area contributed by atoms with E-state index in [-0.39, 0.29) is 29.6 Å². The number of carbonyl (C=O) groups excluding carboxylic acids is 2. The van der Waals surface area contributed by atoms with Crippen molar-refractivity contribution in [3.8, 4) is 5.75 Å². The van der Waals surface area contributed by atoms with Crippen molar-refractivity contribution in [2.45, 2.75) is 25.7 Å². The second kappa shape index (κ2) is 8.61. The molecule has 3 rings (SSSR count). The standard InChI is InChI=1S/C22H21NO5/c1-28-19-12-8-16(9-13-19)22(25)20-5-3-2-4-17(20)14-21(24)15-6-10-18(11-7-15)23(26)27/h5-13,17H,2-4,14H2,1H3/t17-/m1/s1. The number of ether oxygens (including phenoxy) is 1. The monoisotopic (exact) mass is 379 g/mol. The Labute approximate surface area is 163 Å². The van der Waals surface area contributed by atoms with E-state index in [4.69, 9.17) is 4.74 Å². The number of nitrogens with zero attached hydrogens (tertiary/aromatic N) is 1. The van der Waals surface area contributed by atoms with E-state index >= 15 is 0 Å². The summed E-state index contributed by atoms with van der Waals surface area (Å²) in [4.78, 5) is 35.9. The van der Waals surface area contributed by atoms with Gasteiger partial charge in [0.25, 0.3) is 5.69 Å². The van der Waals surface area contributed by atoms with Crippen LogP contribution in [0.5, 0.6) is 5.75 Å². The third-order valence-electron chi connectivity index (χ3n) is 5.01. The van der Waals surface area contributed by atoms with E-state index in [1.54, 1.807) is 31.4 Å². The summed E-state index contributed by atoms with van der Waals surface area (Å²) < 4.78 is 5.13. The van der Waals surface area contributed by atoms with E-state index in [9.17, 15) is 19.7 Å². The molecule has 6 nitrogen and oxygen atoms in total. The topological polar surface area (TPSA) is 86.5 Å². The number of ketones is 2. The van der Waals surface area contributed by atoms with Crippen LogP contribution in [0.2, 0.25) is 0 Å². The molecule has 1 atom stereocenters. The fraction of sp³-hybridized carbons (Fsp3) is 0.273. The Morgan fingerprint density at radius 3 is 2.32 bits per heavy atom. The number of hydrogen-bond donors (Lipinski definition) is 0. The van der Waals surface area contributed by atoms with Crippen LogP contribution >= 0.6 is 0 Å². The van der Waals surface area contributed by atoms with Gasteiger partial charge in [-0.3, -0.25) is 19.7 Å². The summed E-state index contributed by atoms with van der Waals surface area (Å²) in [5.41, 5.74) is 1.62. The number of Topliss-reactive ketones (excluding diaryl/α,β-unsaturated/α-hetero) is 2. The van der Waals surface area contributed by atoms with Crippen LogP contribution in [0.25, 0.3) is 0 Å². The molecular formula is C22H21NO5. The van der Waals surface area contributed by atoms with Gasteiger partial charge in [0.05, 0.1) is 12.0 Å². The molecule has 6 heteroatoms. The molecule has 0 saturated heterocycles. The predicted octanol–water partition coefficient (Wildman–Crippen LogP) is 4.79. The van der Waals surface area contributed by atoms with Gasteiger partial charge in [0.1, 0.15) is 5.75 Å². The Balaban J connectivity index is 1.75. The lowest BCUT2D eigenvalue weighted by atomic mass is 9.80. The minimum Gasteiger partial charge on any atom is -0.497 e. The molecule has 0 N–H and O–H groups in total. The van der Waals surface area contributed by atoms with E-state index in [0.29, 0.717) is 22.4 Å². The Kier molecular flexibility index (Phi) is 5.99. The Morgan fingerprint density at radius 2 is 1.71 bits per heavy atom. The summed E-state index contributed by atoms with van der Waals surface area (Å²) >= 11 is 0. The molecule has 28 heavy (non-hydrogen) atoms. The van der Waals surface area contributed by atoms with Crippen molar-refractivity contribution in [3.05, 3.63) is 81.4 Å². The molecule has 0 fully saturated rings. The first-order chi connectivity index (χ1) is 13.5. The number of benzene rings is 2. The summed E-state index contributed by atoms with van der Waals surface area (Å²) in [6.07, 6.45) is 4.67. The Bertz CT molecular complexity index is 913. The van der Waals surface area contributed by atoms with E-state index < -0.39 is 4.92 Å². The largest absolute Gasteiger partial charge is 0.497 e. The molecule has 0 heterocycles. The molecule has 0 bridgehead atoms. The van der Waals surface area contributed by atoms with E-state index in [1.807, 2.05) is 6.08 Å². The number of nitro groups is 1. The molecule has 144 valence electrons. The molecule has 0 radical (unpaired) electrons. The highest BCUT2D eigenvalue weighted by atomic mass is 16.6. The maximum absolute atomic E-state index is 13.0. The zero-order chi connectivity index (χ0) is 20.1. The average molecular weight is 379 g/mol. The number of carbonyl (C=O) groups is 2. The lowest BCUT2D eigenvalue weighted by Crippen LogP contribution is -2.20.